The van der Waals surface area contributed by atoms with Gasteiger partial charge in [-0.2, -0.15) is 0 Å². The number of carbonyl (C=O) groups is 2. The number of nitrogens with two attached hydrogens (primary N) is 2. The van der Waals surface area contributed by atoms with Crippen LogP contribution in [0.25, 0.3) is 0 Å². The van der Waals surface area contributed by atoms with Crippen LogP contribution in [0.5, 0.6) is 0 Å². The Morgan fingerprint density at radius 3 is 2.55 bits per heavy atom. The smallest absolute Gasteiger partial charge is 0.243 e. The van der Waals surface area contributed by atoms with Gasteiger partial charge in [0.15, 0.2) is 0 Å². The Hall–Kier alpha value is -1.92. The molecule has 0 heterocycles. The average Bonchev–Trinajstić information content (AvgIpc) is 2.45. The zero-order valence-corrected chi connectivity index (χ0v) is 11.5. The highest BCUT2D eigenvalue weighted by atomic mass is 16.5. The number of hydrogen-bond donors (Lipinski definition) is 3. The second-order valence-electron chi connectivity index (χ2n) is 4.54. The lowest BCUT2D eigenvalue weighted by atomic mass is 9.95. The van der Waals surface area contributed by atoms with Gasteiger partial charge >= 0.3 is 0 Å². The summed E-state index contributed by atoms with van der Waals surface area (Å²) in [6.45, 7) is 2.19. The largest absolute Gasteiger partial charge is 0.370 e. The van der Waals surface area contributed by atoms with Crippen molar-refractivity contribution in [1.82, 2.24) is 5.32 Å². The average molecular weight is 279 g/mol. The van der Waals surface area contributed by atoms with E-state index in [-0.39, 0.29) is 31.1 Å². The molecule has 0 aliphatic carbocycles. The minimum Gasteiger partial charge on any atom is -0.370 e. The van der Waals surface area contributed by atoms with Gasteiger partial charge in [-0.05, 0) is 5.56 Å². The first-order chi connectivity index (χ1) is 9.52. The summed E-state index contributed by atoms with van der Waals surface area (Å²) in [6, 6.07) is 9.10. The fourth-order valence-electron chi connectivity index (χ4n) is 1.71. The number of ether oxygens (including phenoxy) is 1. The zero-order chi connectivity index (χ0) is 15.0. The van der Waals surface area contributed by atoms with Crippen molar-refractivity contribution in [2.24, 2.45) is 17.4 Å². The van der Waals surface area contributed by atoms with E-state index in [9.17, 15) is 9.59 Å². The van der Waals surface area contributed by atoms with Gasteiger partial charge in [-0.15, -0.1) is 0 Å². The lowest BCUT2D eigenvalue weighted by Crippen LogP contribution is -2.37. The highest BCUT2D eigenvalue weighted by Crippen LogP contribution is 2.18. The van der Waals surface area contributed by atoms with E-state index in [0.29, 0.717) is 6.54 Å². The summed E-state index contributed by atoms with van der Waals surface area (Å²) < 4.78 is 4.95. The Morgan fingerprint density at radius 1 is 1.30 bits per heavy atom. The van der Waals surface area contributed by atoms with Gasteiger partial charge in [0.1, 0.15) is 6.61 Å². The van der Waals surface area contributed by atoms with Crippen molar-refractivity contribution in [1.29, 1.82) is 0 Å². The normalized spacial score (nSPS) is 13.5. The molecule has 1 rings (SSSR count). The predicted molar refractivity (Wildman–Crippen MR) is 75.6 cm³/mol. The summed E-state index contributed by atoms with van der Waals surface area (Å²) in [5.41, 5.74) is 11.9. The van der Waals surface area contributed by atoms with Crippen molar-refractivity contribution in [3.05, 3.63) is 35.9 Å². The van der Waals surface area contributed by atoms with E-state index in [4.69, 9.17) is 16.2 Å². The minimum atomic E-state index is -0.532. The molecule has 0 aliphatic heterocycles. The van der Waals surface area contributed by atoms with Crippen molar-refractivity contribution in [3.63, 3.8) is 0 Å². The molecule has 0 saturated carbocycles. The lowest BCUT2D eigenvalue weighted by Gasteiger charge is -2.19. The van der Waals surface area contributed by atoms with Crippen LogP contribution < -0.4 is 16.8 Å². The fourth-order valence-corrected chi connectivity index (χ4v) is 1.71. The second kappa shape index (κ2) is 8.29. The molecule has 0 fully saturated rings. The summed E-state index contributed by atoms with van der Waals surface area (Å²) in [6.07, 6.45) is 0. The second-order valence-corrected chi connectivity index (χ2v) is 4.54. The standard InChI is InChI=1S/C14H21N3O3/c1-10(13(16)11-5-3-2-4-6-11)14(19)17-7-8-20-9-12(15)18/h2-6,10,13H,7-9,16H2,1H3,(H2,15,18)(H,17,19). The Bertz CT molecular complexity index is 437. The zero-order valence-electron chi connectivity index (χ0n) is 11.5. The van der Waals surface area contributed by atoms with Crippen molar-refractivity contribution >= 4 is 11.8 Å². The summed E-state index contributed by atoms with van der Waals surface area (Å²) in [5.74, 6) is -1.03. The van der Waals surface area contributed by atoms with E-state index in [1.54, 1.807) is 6.92 Å². The van der Waals surface area contributed by atoms with Crippen LogP contribution in [0.3, 0.4) is 0 Å². The number of carbonyl (C=O) groups excluding carboxylic acids is 2. The Kier molecular flexibility index (Phi) is 6.69. The molecule has 0 saturated heterocycles. The van der Waals surface area contributed by atoms with E-state index >= 15 is 0 Å². The monoisotopic (exact) mass is 279 g/mol. The SMILES string of the molecule is CC(C(=O)NCCOCC(N)=O)C(N)c1ccccc1. The molecule has 6 nitrogen and oxygen atoms in total. The van der Waals surface area contributed by atoms with Gasteiger partial charge in [-0.3, -0.25) is 9.59 Å². The summed E-state index contributed by atoms with van der Waals surface area (Å²) in [5, 5.41) is 2.71. The van der Waals surface area contributed by atoms with Crippen molar-refractivity contribution in [2.45, 2.75) is 13.0 Å². The number of benzene rings is 1. The van der Waals surface area contributed by atoms with E-state index in [2.05, 4.69) is 5.32 Å². The maximum absolute atomic E-state index is 11.9. The minimum absolute atomic E-state index is 0.144. The third-order valence-electron chi connectivity index (χ3n) is 2.93. The lowest BCUT2D eigenvalue weighted by molar-refractivity contribution is -0.125. The van der Waals surface area contributed by atoms with E-state index < -0.39 is 5.91 Å². The van der Waals surface area contributed by atoms with Crippen LogP contribution >= 0.6 is 0 Å². The van der Waals surface area contributed by atoms with Crippen molar-refractivity contribution in [3.8, 4) is 0 Å². The van der Waals surface area contributed by atoms with Gasteiger partial charge in [-0.25, -0.2) is 0 Å². The molecule has 0 spiro atoms. The summed E-state index contributed by atoms with van der Waals surface area (Å²) in [4.78, 5) is 22.4. The molecule has 6 heteroatoms. The van der Waals surface area contributed by atoms with Gasteiger partial charge in [0.2, 0.25) is 11.8 Å². The topological polar surface area (TPSA) is 107 Å². The third-order valence-corrected chi connectivity index (χ3v) is 2.93. The van der Waals surface area contributed by atoms with Crippen molar-refractivity contribution in [2.75, 3.05) is 19.8 Å². The Labute approximate surface area is 118 Å². The molecule has 2 unspecified atom stereocenters. The molecular weight excluding hydrogens is 258 g/mol. The predicted octanol–water partition coefficient (Wildman–Crippen LogP) is -0.0594. The molecule has 0 radical (unpaired) electrons. The van der Waals surface area contributed by atoms with Crippen LogP contribution in [0.2, 0.25) is 0 Å². The van der Waals surface area contributed by atoms with Crippen LogP contribution in [-0.4, -0.2) is 31.6 Å². The number of rotatable bonds is 8. The molecule has 1 aromatic carbocycles. The maximum atomic E-state index is 11.9. The molecule has 1 aromatic rings. The molecule has 2 amide bonds. The van der Waals surface area contributed by atoms with Gasteiger partial charge in [-0.1, -0.05) is 37.3 Å². The maximum Gasteiger partial charge on any atom is 0.243 e. The van der Waals surface area contributed by atoms with E-state index in [0.717, 1.165) is 5.56 Å². The summed E-state index contributed by atoms with van der Waals surface area (Å²) in [7, 11) is 0. The molecular formula is C14H21N3O3. The number of amides is 2. The number of nitrogens with one attached hydrogen (secondary N) is 1. The van der Waals surface area contributed by atoms with Gasteiger partial charge in [0, 0.05) is 12.6 Å². The van der Waals surface area contributed by atoms with Crippen LogP contribution in [0, 0.1) is 5.92 Å². The molecule has 0 aliphatic rings. The highest BCUT2D eigenvalue weighted by Gasteiger charge is 2.21. The van der Waals surface area contributed by atoms with E-state index in [1.165, 1.54) is 0 Å². The first kappa shape index (κ1) is 16.1. The van der Waals surface area contributed by atoms with Gasteiger partial charge in [0.25, 0.3) is 0 Å². The Balaban J connectivity index is 2.34. The Morgan fingerprint density at radius 2 is 1.95 bits per heavy atom. The number of hydrogen-bond acceptors (Lipinski definition) is 4. The molecule has 20 heavy (non-hydrogen) atoms. The number of primary amides is 1. The molecule has 2 atom stereocenters. The molecule has 0 bridgehead atoms. The molecule has 110 valence electrons. The first-order valence-electron chi connectivity index (χ1n) is 6.46. The molecule has 0 aromatic heterocycles. The third kappa shape index (κ3) is 5.38. The van der Waals surface area contributed by atoms with Crippen LogP contribution in [0.1, 0.15) is 18.5 Å². The first-order valence-corrected chi connectivity index (χ1v) is 6.46. The van der Waals surface area contributed by atoms with Crippen LogP contribution in [0.4, 0.5) is 0 Å². The van der Waals surface area contributed by atoms with Crippen LogP contribution in [-0.2, 0) is 14.3 Å². The van der Waals surface area contributed by atoms with Gasteiger partial charge in [0.05, 0.1) is 12.5 Å². The summed E-state index contributed by atoms with van der Waals surface area (Å²) >= 11 is 0. The fraction of sp³-hybridized carbons (Fsp3) is 0.429. The highest BCUT2D eigenvalue weighted by molar-refractivity contribution is 5.79. The van der Waals surface area contributed by atoms with Crippen LogP contribution in [0.15, 0.2) is 30.3 Å². The molecule has 5 N–H and O–H groups in total. The quantitative estimate of drug-likeness (QED) is 0.579. The van der Waals surface area contributed by atoms with Crippen molar-refractivity contribution < 1.29 is 14.3 Å². The van der Waals surface area contributed by atoms with Gasteiger partial charge < -0.3 is 21.5 Å². The van der Waals surface area contributed by atoms with E-state index in [1.807, 2.05) is 30.3 Å².